The molecule has 0 saturated heterocycles. The van der Waals surface area contributed by atoms with Crippen LogP contribution in [-0.2, 0) is 14.3 Å². The number of nitrogens with zero attached hydrogens (tertiary/aromatic N) is 2. The van der Waals surface area contributed by atoms with Gasteiger partial charge in [-0.2, -0.15) is 0 Å². The lowest BCUT2D eigenvalue weighted by atomic mass is 10.1. The minimum atomic E-state index is -0.835. The summed E-state index contributed by atoms with van der Waals surface area (Å²) in [5, 5.41) is 9.16. The summed E-state index contributed by atoms with van der Waals surface area (Å²) in [4.78, 5) is 19.5. The molecule has 2 aromatic rings. The summed E-state index contributed by atoms with van der Waals surface area (Å²) < 4.78 is 11.2. The predicted molar refractivity (Wildman–Crippen MR) is 84.9 cm³/mol. The van der Waals surface area contributed by atoms with Crippen LogP contribution in [0.3, 0.4) is 0 Å². The Morgan fingerprint density at radius 3 is 2.61 bits per heavy atom. The van der Waals surface area contributed by atoms with Gasteiger partial charge in [-0.3, -0.25) is 0 Å². The number of rotatable bonds is 10. The number of hydrogen-bond acceptors (Lipinski definition) is 7. The Morgan fingerprint density at radius 1 is 1.22 bits per heavy atom. The van der Waals surface area contributed by atoms with Gasteiger partial charge < -0.3 is 14.3 Å². The Labute approximate surface area is 137 Å². The van der Waals surface area contributed by atoms with Crippen LogP contribution in [0.4, 0.5) is 0 Å². The lowest BCUT2D eigenvalue weighted by Crippen LogP contribution is -2.14. The Bertz CT molecular complexity index is 605. The maximum absolute atomic E-state index is 10.00. The quantitative estimate of drug-likeness (QED) is 0.376. The van der Waals surface area contributed by atoms with Crippen LogP contribution in [-0.4, -0.2) is 36.5 Å². The van der Waals surface area contributed by atoms with Crippen molar-refractivity contribution in [3.8, 4) is 0 Å². The van der Waals surface area contributed by atoms with Crippen molar-refractivity contribution >= 4 is 11.3 Å². The smallest absolute Gasteiger partial charge is 0.294 e. The Balaban J connectivity index is 1.85. The average Bonchev–Trinajstić information content (AvgIpc) is 2.96. The maximum atomic E-state index is 10.00. The van der Waals surface area contributed by atoms with Gasteiger partial charge in [0.15, 0.2) is 0 Å². The second-order valence-electron chi connectivity index (χ2n) is 4.63. The zero-order valence-electron chi connectivity index (χ0n) is 12.7. The molecule has 7 nitrogen and oxygen atoms in total. The summed E-state index contributed by atoms with van der Waals surface area (Å²) in [7, 11) is 0. The molecule has 0 amide bonds. The molecule has 1 aromatic carbocycles. The zero-order chi connectivity index (χ0) is 16.5. The van der Waals surface area contributed by atoms with E-state index in [9.17, 15) is 10.1 Å². The first-order chi connectivity index (χ1) is 11.2. The molecule has 124 valence electrons. The fourth-order valence-corrected chi connectivity index (χ4v) is 2.89. The number of aryl methyl sites for hydroxylation is 1. The van der Waals surface area contributed by atoms with E-state index in [0.29, 0.717) is 13.2 Å². The van der Waals surface area contributed by atoms with E-state index in [0.717, 1.165) is 16.1 Å². The highest BCUT2D eigenvalue weighted by Gasteiger charge is 2.18. The average molecular weight is 338 g/mol. The largest absolute Gasteiger partial charge is 0.377 e. The van der Waals surface area contributed by atoms with Crippen LogP contribution >= 0.6 is 11.3 Å². The number of benzene rings is 1. The van der Waals surface area contributed by atoms with Crippen molar-refractivity contribution in [2.24, 2.45) is 0 Å². The van der Waals surface area contributed by atoms with Crippen molar-refractivity contribution in [1.82, 2.24) is 4.98 Å². The van der Waals surface area contributed by atoms with Gasteiger partial charge >= 0.3 is 0 Å². The standard InChI is InChI=1S/C15H18N2O5S/c1-12-15(23-11-16-12)14(13-5-3-2-4-6-13)21-9-7-20-8-10-22-17(18)19/h2-6,11,14H,7-10H2,1H3. The van der Waals surface area contributed by atoms with Crippen LogP contribution in [0.1, 0.15) is 22.2 Å². The summed E-state index contributed by atoms with van der Waals surface area (Å²) in [6.45, 7) is 2.73. The molecule has 0 radical (unpaired) electrons. The minimum absolute atomic E-state index is 0.0803. The molecule has 1 aromatic heterocycles. The van der Waals surface area contributed by atoms with Gasteiger partial charge in [0.1, 0.15) is 12.7 Å². The van der Waals surface area contributed by atoms with E-state index in [1.165, 1.54) is 0 Å². The van der Waals surface area contributed by atoms with Crippen molar-refractivity contribution < 1.29 is 19.4 Å². The van der Waals surface area contributed by atoms with E-state index in [1.54, 1.807) is 16.8 Å². The van der Waals surface area contributed by atoms with Crippen LogP contribution in [0.5, 0.6) is 0 Å². The first kappa shape index (κ1) is 17.3. The lowest BCUT2D eigenvalue weighted by molar-refractivity contribution is -0.758. The van der Waals surface area contributed by atoms with Gasteiger partial charge in [0.05, 0.1) is 35.9 Å². The van der Waals surface area contributed by atoms with Crippen LogP contribution in [0.2, 0.25) is 0 Å². The second kappa shape index (κ2) is 9.19. The Hall–Kier alpha value is -2.03. The van der Waals surface area contributed by atoms with Crippen LogP contribution < -0.4 is 0 Å². The van der Waals surface area contributed by atoms with Gasteiger partial charge in [-0.1, -0.05) is 30.3 Å². The Kier molecular flexibility index (Phi) is 6.92. The third-order valence-electron chi connectivity index (χ3n) is 3.06. The number of aromatic nitrogens is 1. The molecule has 0 aliphatic heterocycles. The second-order valence-corrected chi connectivity index (χ2v) is 5.52. The molecular formula is C15H18N2O5S. The van der Waals surface area contributed by atoms with Gasteiger partial charge in [0, 0.05) is 0 Å². The van der Waals surface area contributed by atoms with Gasteiger partial charge in [0.25, 0.3) is 5.09 Å². The normalized spacial score (nSPS) is 12.0. The van der Waals surface area contributed by atoms with E-state index >= 15 is 0 Å². The molecule has 0 aliphatic carbocycles. The van der Waals surface area contributed by atoms with Crippen molar-refractivity contribution in [1.29, 1.82) is 0 Å². The molecule has 0 fully saturated rings. The van der Waals surface area contributed by atoms with E-state index in [4.69, 9.17) is 9.47 Å². The van der Waals surface area contributed by atoms with Gasteiger partial charge in [0.2, 0.25) is 0 Å². The van der Waals surface area contributed by atoms with Gasteiger partial charge in [-0.25, -0.2) is 4.98 Å². The summed E-state index contributed by atoms with van der Waals surface area (Å²) in [6.07, 6.45) is -0.192. The number of thiazole rings is 1. The molecule has 0 bridgehead atoms. The first-order valence-corrected chi connectivity index (χ1v) is 7.98. The molecular weight excluding hydrogens is 320 g/mol. The summed E-state index contributed by atoms with van der Waals surface area (Å²) >= 11 is 1.56. The molecule has 1 heterocycles. The van der Waals surface area contributed by atoms with Crippen LogP contribution in [0.25, 0.3) is 0 Å². The summed E-state index contributed by atoms with van der Waals surface area (Å²) in [5.74, 6) is 0. The van der Waals surface area contributed by atoms with Crippen molar-refractivity contribution in [2.75, 3.05) is 26.4 Å². The molecule has 8 heteroatoms. The third-order valence-corrected chi connectivity index (χ3v) is 4.03. The van der Waals surface area contributed by atoms with Gasteiger partial charge in [-0.05, 0) is 12.5 Å². The topological polar surface area (TPSA) is 83.7 Å². The molecule has 0 spiro atoms. The molecule has 2 rings (SSSR count). The maximum Gasteiger partial charge on any atom is 0.294 e. The predicted octanol–water partition coefficient (Wildman–Crippen LogP) is 2.78. The van der Waals surface area contributed by atoms with E-state index in [-0.39, 0.29) is 19.3 Å². The highest BCUT2D eigenvalue weighted by molar-refractivity contribution is 7.09. The van der Waals surface area contributed by atoms with Gasteiger partial charge in [-0.15, -0.1) is 21.5 Å². The molecule has 1 unspecified atom stereocenters. The molecule has 0 saturated carbocycles. The molecule has 0 N–H and O–H groups in total. The Morgan fingerprint density at radius 2 is 1.96 bits per heavy atom. The number of hydrogen-bond donors (Lipinski definition) is 0. The monoisotopic (exact) mass is 338 g/mol. The molecule has 1 atom stereocenters. The third kappa shape index (κ3) is 5.59. The zero-order valence-corrected chi connectivity index (χ0v) is 13.5. The first-order valence-electron chi connectivity index (χ1n) is 7.10. The van der Waals surface area contributed by atoms with E-state index in [1.807, 2.05) is 37.3 Å². The highest BCUT2D eigenvalue weighted by atomic mass is 32.1. The summed E-state index contributed by atoms with van der Waals surface area (Å²) in [6, 6.07) is 9.91. The molecule has 23 heavy (non-hydrogen) atoms. The van der Waals surface area contributed by atoms with E-state index in [2.05, 4.69) is 9.82 Å². The highest BCUT2D eigenvalue weighted by Crippen LogP contribution is 2.30. The van der Waals surface area contributed by atoms with Crippen LogP contribution in [0.15, 0.2) is 35.8 Å². The molecule has 0 aliphatic rings. The fraction of sp³-hybridized carbons (Fsp3) is 0.400. The van der Waals surface area contributed by atoms with Crippen LogP contribution in [0, 0.1) is 17.0 Å². The van der Waals surface area contributed by atoms with E-state index < -0.39 is 5.09 Å². The fourth-order valence-electron chi connectivity index (χ4n) is 2.01. The van der Waals surface area contributed by atoms with Crippen molar-refractivity contribution in [3.05, 3.63) is 62.1 Å². The summed E-state index contributed by atoms with van der Waals surface area (Å²) in [5.41, 5.74) is 3.80. The SMILES string of the molecule is Cc1ncsc1C(OCCOCCO[N+](=O)[O-])c1ccccc1. The lowest BCUT2D eigenvalue weighted by Gasteiger charge is -2.18. The minimum Gasteiger partial charge on any atom is -0.377 e. The van der Waals surface area contributed by atoms with Crippen molar-refractivity contribution in [2.45, 2.75) is 13.0 Å². The number of ether oxygens (including phenoxy) is 2. The van der Waals surface area contributed by atoms with Crippen molar-refractivity contribution in [3.63, 3.8) is 0 Å².